The predicted octanol–water partition coefficient (Wildman–Crippen LogP) is 1.71. The Bertz CT molecular complexity index is 332. The van der Waals surface area contributed by atoms with Crippen LogP contribution in [0.5, 0.6) is 0 Å². The summed E-state index contributed by atoms with van der Waals surface area (Å²) < 4.78 is 26.5. The third-order valence-corrected chi connectivity index (χ3v) is 6.33. The Hall–Kier alpha value is -0.130. The Morgan fingerprint density at radius 3 is 2.12 bits per heavy atom. The van der Waals surface area contributed by atoms with Gasteiger partial charge in [0.1, 0.15) is 0 Å². The summed E-state index contributed by atoms with van der Waals surface area (Å²) in [5, 5.41) is -0.368. The molecule has 0 aliphatic heterocycles. The van der Waals surface area contributed by atoms with Gasteiger partial charge in [-0.2, -0.15) is 4.31 Å². The molecule has 0 atom stereocenters. The van der Waals surface area contributed by atoms with Gasteiger partial charge in [-0.05, 0) is 26.7 Å². The first kappa shape index (κ1) is 14.9. The molecule has 0 radical (unpaired) electrons. The van der Waals surface area contributed by atoms with Crippen molar-refractivity contribution in [2.45, 2.75) is 63.7 Å². The minimum atomic E-state index is -3.21. The van der Waals surface area contributed by atoms with Gasteiger partial charge in [0.25, 0.3) is 0 Å². The minimum Gasteiger partial charge on any atom is -0.329 e. The maximum atomic E-state index is 12.4. The van der Waals surface area contributed by atoms with Gasteiger partial charge in [-0.25, -0.2) is 8.42 Å². The molecule has 1 fully saturated rings. The number of sulfonamides is 1. The van der Waals surface area contributed by atoms with E-state index in [4.69, 9.17) is 5.73 Å². The zero-order valence-corrected chi connectivity index (χ0v) is 12.1. The fraction of sp³-hybridized carbons (Fsp3) is 1.00. The number of hydrogen-bond donors (Lipinski definition) is 1. The number of hydrogen-bond acceptors (Lipinski definition) is 3. The van der Waals surface area contributed by atoms with Crippen molar-refractivity contribution < 1.29 is 8.42 Å². The largest absolute Gasteiger partial charge is 0.329 e. The standard InChI is InChI=1S/C12H26N2O2S/c1-4-14(17(15,16)11(2)3)12(10-13)8-6-5-7-9-12/h11H,4-10,13H2,1-3H3. The Balaban J connectivity index is 3.06. The normalized spacial score (nSPS) is 21.1. The summed E-state index contributed by atoms with van der Waals surface area (Å²) >= 11 is 0. The van der Waals surface area contributed by atoms with Crippen LogP contribution >= 0.6 is 0 Å². The van der Waals surface area contributed by atoms with Crippen LogP contribution < -0.4 is 5.73 Å². The van der Waals surface area contributed by atoms with E-state index in [1.165, 1.54) is 6.42 Å². The van der Waals surface area contributed by atoms with Gasteiger partial charge in [0.2, 0.25) is 10.0 Å². The Kier molecular flexibility index (Phi) is 4.98. The SMILES string of the molecule is CCN(C1(CN)CCCCC1)S(=O)(=O)C(C)C. The number of rotatable bonds is 5. The van der Waals surface area contributed by atoms with E-state index in [1.807, 2.05) is 6.92 Å². The lowest BCUT2D eigenvalue weighted by Gasteiger charge is -2.45. The summed E-state index contributed by atoms with van der Waals surface area (Å²) in [4.78, 5) is 0. The first-order valence-corrected chi connectivity index (χ1v) is 8.13. The molecular formula is C12H26N2O2S. The molecule has 1 aliphatic carbocycles. The Morgan fingerprint density at radius 1 is 1.24 bits per heavy atom. The highest BCUT2D eigenvalue weighted by atomic mass is 32.2. The second kappa shape index (κ2) is 5.67. The van der Waals surface area contributed by atoms with Crippen LogP contribution in [-0.4, -0.2) is 36.6 Å². The molecule has 0 aromatic rings. The lowest BCUT2D eigenvalue weighted by atomic mass is 9.81. The quantitative estimate of drug-likeness (QED) is 0.820. The average molecular weight is 262 g/mol. The highest BCUT2D eigenvalue weighted by molar-refractivity contribution is 7.89. The van der Waals surface area contributed by atoms with E-state index in [0.717, 1.165) is 25.7 Å². The summed E-state index contributed by atoms with van der Waals surface area (Å²) in [5.41, 5.74) is 5.58. The smallest absolute Gasteiger partial charge is 0.216 e. The van der Waals surface area contributed by atoms with Gasteiger partial charge in [-0.15, -0.1) is 0 Å². The molecule has 1 aliphatic rings. The molecule has 0 saturated heterocycles. The molecule has 0 amide bonds. The minimum absolute atomic E-state index is 0.323. The van der Waals surface area contributed by atoms with E-state index in [0.29, 0.717) is 13.1 Å². The maximum absolute atomic E-state index is 12.4. The van der Waals surface area contributed by atoms with E-state index >= 15 is 0 Å². The molecule has 1 saturated carbocycles. The van der Waals surface area contributed by atoms with Crippen molar-refractivity contribution in [1.29, 1.82) is 0 Å². The average Bonchev–Trinajstić information content (AvgIpc) is 2.30. The van der Waals surface area contributed by atoms with E-state index in [2.05, 4.69) is 0 Å². The molecule has 0 unspecified atom stereocenters. The van der Waals surface area contributed by atoms with Crippen LogP contribution in [0.15, 0.2) is 0 Å². The molecule has 2 N–H and O–H groups in total. The summed E-state index contributed by atoms with van der Waals surface area (Å²) in [6.45, 7) is 6.35. The van der Waals surface area contributed by atoms with Crippen LogP contribution in [0.3, 0.4) is 0 Å². The van der Waals surface area contributed by atoms with E-state index < -0.39 is 10.0 Å². The van der Waals surface area contributed by atoms with Crippen LogP contribution in [-0.2, 0) is 10.0 Å². The second-order valence-corrected chi connectivity index (χ2v) is 7.66. The van der Waals surface area contributed by atoms with Gasteiger partial charge in [0.05, 0.1) is 5.25 Å². The zero-order chi connectivity index (χ0) is 13.1. The highest BCUT2D eigenvalue weighted by Gasteiger charge is 2.43. The van der Waals surface area contributed by atoms with Gasteiger partial charge in [-0.3, -0.25) is 0 Å². The van der Waals surface area contributed by atoms with Gasteiger partial charge in [0.15, 0.2) is 0 Å². The van der Waals surface area contributed by atoms with Crippen LogP contribution in [0.2, 0.25) is 0 Å². The van der Waals surface area contributed by atoms with Crippen molar-refractivity contribution in [2.75, 3.05) is 13.1 Å². The maximum Gasteiger partial charge on any atom is 0.216 e. The van der Waals surface area contributed by atoms with E-state index in [-0.39, 0.29) is 10.8 Å². The summed E-state index contributed by atoms with van der Waals surface area (Å²) in [6, 6.07) is 0. The number of nitrogens with zero attached hydrogens (tertiary/aromatic N) is 1. The lowest BCUT2D eigenvalue weighted by molar-refractivity contribution is 0.140. The van der Waals surface area contributed by atoms with Gasteiger partial charge >= 0.3 is 0 Å². The molecule has 0 aromatic heterocycles. The molecule has 4 nitrogen and oxygen atoms in total. The predicted molar refractivity (Wildman–Crippen MR) is 71.3 cm³/mol. The first-order valence-electron chi connectivity index (χ1n) is 6.62. The van der Waals surface area contributed by atoms with E-state index in [1.54, 1.807) is 18.2 Å². The molecule has 17 heavy (non-hydrogen) atoms. The molecule has 102 valence electrons. The number of nitrogens with two attached hydrogens (primary N) is 1. The fourth-order valence-corrected chi connectivity index (χ4v) is 4.47. The Morgan fingerprint density at radius 2 is 1.76 bits per heavy atom. The van der Waals surface area contributed by atoms with Crippen molar-refractivity contribution in [3.63, 3.8) is 0 Å². The van der Waals surface area contributed by atoms with Crippen molar-refractivity contribution in [3.05, 3.63) is 0 Å². The van der Waals surface area contributed by atoms with Crippen LogP contribution in [0.1, 0.15) is 52.9 Å². The van der Waals surface area contributed by atoms with Crippen LogP contribution in [0.4, 0.5) is 0 Å². The molecule has 0 bridgehead atoms. The Labute approximate surface area is 106 Å². The molecule has 0 aromatic carbocycles. The first-order chi connectivity index (χ1) is 7.90. The van der Waals surface area contributed by atoms with Crippen LogP contribution in [0, 0.1) is 0 Å². The summed E-state index contributed by atoms with van der Waals surface area (Å²) in [7, 11) is -3.21. The summed E-state index contributed by atoms with van der Waals surface area (Å²) in [6.07, 6.45) is 5.18. The third kappa shape index (κ3) is 2.83. The van der Waals surface area contributed by atoms with Crippen LogP contribution in [0.25, 0.3) is 0 Å². The van der Waals surface area contributed by atoms with Gasteiger partial charge < -0.3 is 5.73 Å². The number of likely N-dealkylation sites (N-methyl/N-ethyl adjacent to an activating group) is 1. The van der Waals surface area contributed by atoms with Crippen molar-refractivity contribution >= 4 is 10.0 Å². The monoisotopic (exact) mass is 262 g/mol. The van der Waals surface area contributed by atoms with Crippen molar-refractivity contribution in [1.82, 2.24) is 4.31 Å². The molecule has 0 spiro atoms. The molecule has 5 heteroatoms. The second-order valence-electron chi connectivity index (χ2n) is 5.25. The molecule has 0 heterocycles. The van der Waals surface area contributed by atoms with Gasteiger partial charge in [0, 0.05) is 18.6 Å². The highest BCUT2D eigenvalue weighted by Crippen LogP contribution is 2.35. The van der Waals surface area contributed by atoms with Crippen molar-refractivity contribution in [2.24, 2.45) is 5.73 Å². The molecule has 1 rings (SSSR count). The summed E-state index contributed by atoms with van der Waals surface area (Å²) in [5.74, 6) is 0. The fourth-order valence-electron chi connectivity index (χ4n) is 2.80. The topological polar surface area (TPSA) is 63.4 Å². The molecular weight excluding hydrogens is 236 g/mol. The van der Waals surface area contributed by atoms with Gasteiger partial charge in [-0.1, -0.05) is 26.2 Å². The van der Waals surface area contributed by atoms with E-state index in [9.17, 15) is 8.42 Å². The zero-order valence-electron chi connectivity index (χ0n) is 11.3. The third-order valence-electron chi connectivity index (χ3n) is 3.88. The van der Waals surface area contributed by atoms with Crippen molar-refractivity contribution in [3.8, 4) is 0 Å². The lowest BCUT2D eigenvalue weighted by Crippen LogP contribution is -2.58.